The van der Waals surface area contributed by atoms with Crippen molar-refractivity contribution in [3.8, 4) is 22.5 Å². The lowest BCUT2D eigenvalue weighted by molar-refractivity contribution is 0.100. The van der Waals surface area contributed by atoms with Crippen molar-refractivity contribution >= 4 is 28.3 Å². The minimum atomic E-state index is -0.929. The van der Waals surface area contributed by atoms with Crippen LogP contribution in [0, 0.1) is 11.6 Å². The van der Waals surface area contributed by atoms with E-state index in [1.807, 2.05) is 6.07 Å². The van der Waals surface area contributed by atoms with Crippen molar-refractivity contribution in [3.05, 3.63) is 102 Å². The molecule has 8 heteroatoms. The van der Waals surface area contributed by atoms with Gasteiger partial charge in [-0.05, 0) is 59.7 Å². The summed E-state index contributed by atoms with van der Waals surface area (Å²) in [6.07, 6.45) is 3.29. The molecule has 1 amide bonds. The van der Waals surface area contributed by atoms with E-state index < -0.39 is 17.5 Å². The molecule has 0 aliphatic carbocycles. The number of nitrogens with two attached hydrogens (primary N) is 1. The van der Waals surface area contributed by atoms with Gasteiger partial charge in [0, 0.05) is 23.3 Å². The molecule has 0 saturated heterocycles. The van der Waals surface area contributed by atoms with E-state index in [2.05, 4.69) is 20.3 Å². The number of anilines is 2. The third-order valence-corrected chi connectivity index (χ3v) is 5.32. The number of fused-ring (bicyclic) bond motifs is 1. The Morgan fingerprint density at radius 1 is 0.824 bits per heavy atom. The summed E-state index contributed by atoms with van der Waals surface area (Å²) in [5.74, 6) is -1.56. The van der Waals surface area contributed by atoms with Crippen LogP contribution in [0.3, 0.4) is 0 Å². The number of primary amides is 1. The molecule has 0 aliphatic heterocycles. The van der Waals surface area contributed by atoms with E-state index in [4.69, 9.17) is 5.73 Å². The van der Waals surface area contributed by atoms with Gasteiger partial charge in [0.2, 0.25) is 0 Å². The molecule has 6 nitrogen and oxygen atoms in total. The maximum absolute atomic E-state index is 13.8. The molecule has 0 fully saturated rings. The largest absolute Gasteiger partial charge is 0.366 e. The van der Waals surface area contributed by atoms with Gasteiger partial charge in [-0.15, -0.1) is 0 Å². The van der Waals surface area contributed by atoms with E-state index in [-0.39, 0.29) is 0 Å². The Bertz CT molecular complexity index is 1540. The predicted octanol–water partition coefficient (Wildman–Crippen LogP) is 5.48. The summed E-state index contributed by atoms with van der Waals surface area (Å²) < 4.78 is 27.2. The Labute approximate surface area is 193 Å². The lowest BCUT2D eigenvalue weighted by Crippen LogP contribution is -2.13. The van der Waals surface area contributed by atoms with Crippen LogP contribution in [0.5, 0.6) is 0 Å². The summed E-state index contributed by atoms with van der Waals surface area (Å²) in [5.41, 5.74) is 8.77. The van der Waals surface area contributed by atoms with Crippen LogP contribution in [-0.2, 0) is 0 Å². The van der Waals surface area contributed by atoms with Crippen LogP contribution >= 0.6 is 0 Å². The van der Waals surface area contributed by atoms with Gasteiger partial charge < -0.3 is 11.1 Å². The molecule has 2 aromatic heterocycles. The summed E-state index contributed by atoms with van der Waals surface area (Å²) >= 11 is 0. The summed E-state index contributed by atoms with van der Waals surface area (Å²) in [6, 6.07) is 19.5. The summed E-state index contributed by atoms with van der Waals surface area (Å²) in [6.45, 7) is 0. The second-order valence-electron chi connectivity index (χ2n) is 7.53. The van der Waals surface area contributed by atoms with Gasteiger partial charge in [0.15, 0.2) is 17.5 Å². The Morgan fingerprint density at radius 3 is 2.38 bits per heavy atom. The Morgan fingerprint density at radius 2 is 1.62 bits per heavy atom. The lowest BCUT2D eigenvalue weighted by Gasteiger charge is -2.14. The van der Waals surface area contributed by atoms with Gasteiger partial charge in [-0.25, -0.2) is 18.7 Å². The van der Waals surface area contributed by atoms with Gasteiger partial charge in [-0.3, -0.25) is 9.78 Å². The SMILES string of the molecule is NC(=O)c1ccccc1Nc1nc(-c2cccnc2)nc2cc(-c3ccc(F)c(F)c3)ccc12. The molecule has 5 rings (SSSR count). The van der Waals surface area contributed by atoms with Crippen LogP contribution in [0.1, 0.15) is 10.4 Å². The molecule has 166 valence electrons. The van der Waals surface area contributed by atoms with Crippen LogP contribution < -0.4 is 11.1 Å². The van der Waals surface area contributed by atoms with Crippen molar-refractivity contribution in [2.75, 3.05) is 5.32 Å². The number of pyridine rings is 1. The van der Waals surface area contributed by atoms with Crippen LogP contribution in [0.2, 0.25) is 0 Å². The van der Waals surface area contributed by atoms with E-state index in [0.717, 1.165) is 12.1 Å². The normalized spacial score (nSPS) is 10.9. The Balaban J connectivity index is 1.69. The van der Waals surface area contributed by atoms with E-state index in [0.29, 0.717) is 50.5 Å². The highest BCUT2D eigenvalue weighted by molar-refractivity contribution is 6.01. The number of amides is 1. The first-order chi connectivity index (χ1) is 16.5. The average Bonchev–Trinajstić information content (AvgIpc) is 2.86. The van der Waals surface area contributed by atoms with Gasteiger partial charge >= 0.3 is 0 Å². The van der Waals surface area contributed by atoms with Crippen LogP contribution in [0.25, 0.3) is 33.4 Å². The first kappa shape index (κ1) is 21.1. The molecule has 5 aromatic rings. The number of para-hydroxylation sites is 1. The van der Waals surface area contributed by atoms with Gasteiger partial charge in [0.25, 0.3) is 5.91 Å². The molecule has 0 bridgehead atoms. The second kappa shape index (κ2) is 8.67. The summed E-state index contributed by atoms with van der Waals surface area (Å²) in [7, 11) is 0. The number of carbonyl (C=O) groups is 1. The van der Waals surface area contributed by atoms with Crippen LogP contribution in [0.15, 0.2) is 85.2 Å². The summed E-state index contributed by atoms with van der Waals surface area (Å²) in [4.78, 5) is 25.4. The standard InChI is InChI=1S/C26H17F2N5O/c27-20-10-8-15(12-21(20)28)16-7-9-19-23(13-16)32-25(17-4-3-11-30-14-17)33-26(19)31-22-6-2-1-5-18(22)24(29)34/h1-14H,(H2,29,34)(H,31,32,33). The number of carbonyl (C=O) groups excluding carboxylic acids is 1. The van der Waals surface area contributed by atoms with E-state index in [1.165, 1.54) is 6.07 Å². The molecular formula is C26H17F2N5O. The van der Waals surface area contributed by atoms with Crippen molar-refractivity contribution < 1.29 is 13.6 Å². The fraction of sp³-hybridized carbons (Fsp3) is 0. The number of nitrogens with one attached hydrogen (secondary N) is 1. The quantitative estimate of drug-likeness (QED) is 0.368. The molecule has 0 unspecified atom stereocenters. The third kappa shape index (κ3) is 4.04. The number of hydrogen-bond acceptors (Lipinski definition) is 5. The van der Waals surface area contributed by atoms with Gasteiger partial charge in [-0.2, -0.15) is 0 Å². The van der Waals surface area contributed by atoms with E-state index in [1.54, 1.807) is 60.9 Å². The number of rotatable bonds is 5. The van der Waals surface area contributed by atoms with Crippen molar-refractivity contribution in [2.45, 2.75) is 0 Å². The van der Waals surface area contributed by atoms with E-state index in [9.17, 15) is 13.6 Å². The molecule has 0 atom stereocenters. The molecule has 34 heavy (non-hydrogen) atoms. The van der Waals surface area contributed by atoms with Gasteiger partial charge in [0.05, 0.1) is 16.8 Å². The molecule has 3 aromatic carbocycles. The molecule has 3 N–H and O–H groups in total. The minimum absolute atomic E-state index is 0.315. The van der Waals surface area contributed by atoms with Crippen LogP contribution in [0.4, 0.5) is 20.3 Å². The molecule has 0 spiro atoms. The van der Waals surface area contributed by atoms with Crippen molar-refractivity contribution in [3.63, 3.8) is 0 Å². The topological polar surface area (TPSA) is 93.8 Å². The third-order valence-electron chi connectivity index (χ3n) is 5.32. The molecule has 0 aliphatic rings. The highest BCUT2D eigenvalue weighted by Crippen LogP contribution is 2.32. The number of benzene rings is 3. The number of aromatic nitrogens is 3. The second-order valence-corrected chi connectivity index (χ2v) is 7.53. The summed E-state index contributed by atoms with van der Waals surface area (Å²) in [5, 5.41) is 3.87. The Kier molecular flexibility index (Phi) is 5.39. The number of halogens is 2. The zero-order chi connectivity index (χ0) is 23.7. The average molecular weight is 453 g/mol. The van der Waals surface area contributed by atoms with E-state index >= 15 is 0 Å². The van der Waals surface area contributed by atoms with Crippen molar-refractivity contribution in [2.24, 2.45) is 5.73 Å². The molecular weight excluding hydrogens is 436 g/mol. The maximum atomic E-state index is 13.8. The monoisotopic (exact) mass is 453 g/mol. The van der Waals surface area contributed by atoms with Gasteiger partial charge in [-0.1, -0.05) is 24.3 Å². The smallest absolute Gasteiger partial charge is 0.250 e. The lowest BCUT2D eigenvalue weighted by atomic mass is 10.0. The maximum Gasteiger partial charge on any atom is 0.250 e. The number of hydrogen-bond donors (Lipinski definition) is 2. The zero-order valence-electron chi connectivity index (χ0n) is 17.7. The first-order valence-corrected chi connectivity index (χ1v) is 10.3. The number of nitrogens with zero attached hydrogens (tertiary/aromatic N) is 3. The Hall–Kier alpha value is -4.72. The fourth-order valence-corrected chi connectivity index (χ4v) is 3.64. The highest BCUT2D eigenvalue weighted by Gasteiger charge is 2.14. The van der Waals surface area contributed by atoms with Crippen LogP contribution in [-0.4, -0.2) is 20.9 Å². The molecule has 0 radical (unpaired) electrons. The molecule has 0 saturated carbocycles. The van der Waals surface area contributed by atoms with Gasteiger partial charge in [0.1, 0.15) is 5.82 Å². The highest BCUT2D eigenvalue weighted by atomic mass is 19.2. The van der Waals surface area contributed by atoms with Crippen molar-refractivity contribution in [1.82, 2.24) is 15.0 Å². The predicted molar refractivity (Wildman–Crippen MR) is 126 cm³/mol. The molecule has 2 heterocycles. The fourth-order valence-electron chi connectivity index (χ4n) is 3.64. The minimum Gasteiger partial charge on any atom is -0.366 e. The zero-order valence-corrected chi connectivity index (χ0v) is 17.7. The first-order valence-electron chi connectivity index (χ1n) is 10.3. The van der Waals surface area contributed by atoms with Crippen molar-refractivity contribution in [1.29, 1.82) is 0 Å².